The Morgan fingerprint density at radius 2 is 2.00 bits per heavy atom. The zero-order chi connectivity index (χ0) is 15.0. The average Bonchev–Trinajstić information content (AvgIpc) is 2.83. The molecule has 0 spiro atoms. The predicted octanol–water partition coefficient (Wildman–Crippen LogP) is 3.05. The lowest BCUT2D eigenvalue weighted by Crippen LogP contribution is -2.18. The molecule has 3 rings (SSSR count). The molecule has 108 valence electrons. The van der Waals surface area contributed by atoms with E-state index in [1.54, 1.807) is 0 Å². The second kappa shape index (κ2) is 5.22. The van der Waals surface area contributed by atoms with Crippen LogP contribution in [0, 0.1) is 13.8 Å². The molecule has 0 amide bonds. The van der Waals surface area contributed by atoms with Crippen LogP contribution in [-0.4, -0.2) is 12.0 Å². The van der Waals surface area contributed by atoms with Crippen molar-refractivity contribution in [2.24, 2.45) is 0 Å². The number of benzene rings is 2. The number of H-pyrrole nitrogens is 1. The van der Waals surface area contributed by atoms with Crippen molar-refractivity contribution in [3.05, 3.63) is 69.2 Å². The number of hydrogen-bond donors (Lipinski definition) is 2. The normalized spacial score (nSPS) is 12.7. The lowest BCUT2D eigenvalue weighted by atomic mass is 9.92. The van der Waals surface area contributed by atoms with Gasteiger partial charge in [0.05, 0.1) is 11.6 Å². The molecule has 2 N–H and O–H groups in total. The first-order valence-electron chi connectivity index (χ1n) is 6.96. The molecule has 1 atom stereocenters. The Bertz CT molecular complexity index is 845. The maximum Gasteiger partial charge on any atom is 0.417 e. The number of aryl methyl sites for hydroxylation is 1. The van der Waals surface area contributed by atoms with Gasteiger partial charge in [0.15, 0.2) is 5.58 Å². The number of oxazole rings is 1. The monoisotopic (exact) mass is 282 g/mol. The van der Waals surface area contributed by atoms with Gasteiger partial charge in [-0.15, -0.1) is 0 Å². The van der Waals surface area contributed by atoms with E-state index in [1.165, 1.54) is 16.7 Å². The number of rotatable bonds is 3. The molecule has 0 bridgehead atoms. The van der Waals surface area contributed by atoms with Gasteiger partial charge < -0.3 is 9.73 Å². The van der Waals surface area contributed by atoms with Gasteiger partial charge in [0.25, 0.3) is 0 Å². The van der Waals surface area contributed by atoms with Gasteiger partial charge in [0, 0.05) is 0 Å². The van der Waals surface area contributed by atoms with E-state index in [9.17, 15) is 4.79 Å². The van der Waals surface area contributed by atoms with Crippen LogP contribution in [0.3, 0.4) is 0 Å². The Morgan fingerprint density at radius 1 is 1.19 bits per heavy atom. The van der Waals surface area contributed by atoms with E-state index >= 15 is 0 Å². The first-order valence-corrected chi connectivity index (χ1v) is 6.96. The van der Waals surface area contributed by atoms with Crippen LogP contribution in [0.25, 0.3) is 11.1 Å². The van der Waals surface area contributed by atoms with E-state index in [0.29, 0.717) is 5.58 Å². The summed E-state index contributed by atoms with van der Waals surface area (Å²) in [5.41, 5.74) is 6.15. The molecule has 0 aliphatic rings. The maximum absolute atomic E-state index is 11.3. The molecule has 21 heavy (non-hydrogen) atoms. The Balaban J connectivity index is 2.13. The highest BCUT2D eigenvalue weighted by atomic mass is 16.4. The number of aromatic amines is 1. The molecule has 0 aliphatic carbocycles. The highest BCUT2D eigenvalue weighted by Gasteiger charge is 2.16. The van der Waals surface area contributed by atoms with E-state index in [4.69, 9.17) is 4.42 Å². The average molecular weight is 282 g/mol. The maximum atomic E-state index is 11.3. The zero-order valence-electron chi connectivity index (χ0n) is 12.4. The summed E-state index contributed by atoms with van der Waals surface area (Å²) in [6.07, 6.45) is 0. The highest BCUT2D eigenvalue weighted by Crippen LogP contribution is 2.27. The SMILES string of the molecule is CNC(c1ccc2[nH]c(=O)oc2c1)c1cccc(C)c1C. The summed E-state index contributed by atoms with van der Waals surface area (Å²) in [5, 5.41) is 3.34. The van der Waals surface area contributed by atoms with E-state index in [-0.39, 0.29) is 6.04 Å². The first kappa shape index (κ1) is 13.6. The van der Waals surface area contributed by atoms with Crippen LogP contribution in [0.5, 0.6) is 0 Å². The molecule has 1 unspecified atom stereocenters. The lowest BCUT2D eigenvalue weighted by molar-refractivity contribution is 0.554. The quantitative estimate of drug-likeness (QED) is 0.776. The molecule has 4 nitrogen and oxygen atoms in total. The Kier molecular flexibility index (Phi) is 3.39. The summed E-state index contributed by atoms with van der Waals surface area (Å²) in [7, 11) is 1.93. The van der Waals surface area contributed by atoms with E-state index in [2.05, 4.69) is 42.3 Å². The summed E-state index contributed by atoms with van der Waals surface area (Å²) in [5.74, 6) is -0.421. The predicted molar refractivity (Wildman–Crippen MR) is 83.7 cm³/mol. The van der Waals surface area contributed by atoms with Gasteiger partial charge in [-0.1, -0.05) is 24.3 Å². The molecular formula is C17H18N2O2. The molecule has 3 aromatic rings. The second-order valence-corrected chi connectivity index (χ2v) is 5.28. The largest absolute Gasteiger partial charge is 0.417 e. The summed E-state index contributed by atoms with van der Waals surface area (Å²) < 4.78 is 5.15. The van der Waals surface area contributed by atoms with Crippen LogP contribution in [0.15, 0.2) is 45.6 Å². The highest BCUT2D eigenvalue weighted by molar-refractivity contribution is 5.73. The van der Waals surface area contributed by atoms with Gasteiger partial charge in [-0.05, 0) is 55.3 Å². The summed E-state index contributed by atoms with van der Waals surface area (Å²) in [4.78, 5) is 13.9. The van der Waals surface area contributed by atoms with Gasteiger partial charge in [-0.2, -0.15) is 0 Å². The Labute approximate surface area is 122 Å². The second-order valence-electron chi connectivity index (χ2n) is 5.28. The Morgan fingerprint density at radius 3 is 2.76 bits per heavy atom. The third-order valence-corrected chi connectivity index (χ3v) is 4.02. The third-order valence-electron chi connectivity index (χ3n) is 4.02. The van der Waals surface area contributed by atoms with Crippen LogP contribution < -0.4 is 11.1 Å². The summed E-state index contributed by atoms with van der Waals surface area (Å²) in [6.45, 7) is 4.24. The standard InChI is InChI=1S/C17H18N2O2/c1-10-5-4-6-13(11(10)2)16(18-3)12-7-8-14-15(9-12)21-17(20)19-14/h4-9,16,18H,1-3H3,(H,19,20). The lowest BCUT2D eigenvalue weighted by Gasteiger charge is -2.20. The minimum Gasteiger partial charge on any atom is -0.408 e. The molecule has 2 aromatic carbocycles. The summed E-state index contributed by atoms with van der Waals surface area (Å²) >= 11 is 0. The van der Waals surface area contributed by atoms with Crippen LogP contribution in [0.4, 0.5) is 0 Å². The van der Waals surface area contributed by atoms with Crippen molar-refractivity contribution in [2.45, 2.75) is 19.9 Å². The molecular weight excluding hydrogens is 264 g/mol. The molecule has 0 fully saturated rings. The van der Waals surface area contributed by atoms with E-state index in [0.717, 1.165) is 11.1 Å². The third kappa shape index (κ3) is 2.38. The number of hydrogen-bond acceptors (Lipinski definition) is 3. The number of fused-ring (bicyclic) bond motifs is 1. The fourth-order valence-electron chi connectivity index (χ4n) is 2.73. The molecule has 4 heteroatoms. The van der Waals surface area contributed by atoms with Crippen LogP contribution in [-0.2, 0) is 0 Å². The molecule has 0 saturated heterocycles. The van der Waals surface area contributed by atoms with Gasteiger partial charge in [0.1, 0.15) is 0 Å². The van der Waals surface area contributed by atoms with Crippen molar-refractivity contribution in [2.75, 3.05) is 7.05 Å². The van der Waals surface area contributed by atoms with Gasteiger partial charge in [-0.25, -0.2) is 4.79 Å². The number of nitrogens with one attached hydrogen (secondary N) is 2. The van der Waals surface area contributed by atoms with Crippen molar-refractivity contribution in [3.63, 3.8) is 0 Å². The Hall–Kier alpha value is -2.33. The van der Waals surface area contributed by atoms with Crippen molar-refractivity contribution in [1.82, 2.24) is 10.3 Å². The van der Waals surface area contributed by atoms with Crippen LogP contribution in [0.2, 0.25) is 0 Å². The van der Waals surface area contributed by atoms with Crippen molar-refractivity contribution >= 4 is 11.1 Å². The van der Waals surface area contributed by atoms with Gasteiger partial charge in [-0.3, -0.25) is 4.98 Å². The molecule has 0 aliphatic heterocycles. The van der Waals surface area contributed by atoms with Crippen LogP contribution >= 0.6 is 0 Å². The minimum absolute atomic E-state index is 0.0644. The van der Waals surface area contributed by atoms with E-state index < -0.39 is 5.76 Å². The van der Waals surface area contributed by atoms with Gasteiger partial charge >= 0.3 is 5.76 Å². The van der Waals surface area contributed by atoms with Crippen molar-refractivity contribution in [1.29, 1.82) is 0 Å². The zero-order valence-corrected chi connectivity index (χ0v) is 12.4. The smallest absolute Gasteiger partial charge is 0.408 e. The molecule has 1 aromatic heterocycles. The van der Waals surface area contributed by atoms with Crippen molar-refractivity contribution < 1.29 is 4.42 Å². The number of aromatic nitrogens is 1. The minimum atomic E-state index is -0.421. The first-order chi connectivity index (χ1) is 10.1. The molecule has 0 radical (unpaired) electrons. The molecule has 0 saturated carbocycles. The summed E-state index contributed by atoms with van der Waals surface area (Å²) in [6, 6.07) is 12.2. The topological polar surface area (TPSA) is 58.0 Å². The van der Waals surface area contributed by atoms with Crippen molar-refractivity contribution in [3.8, 4) is 0 Å². The fraction of sp³-hybridized carbons (Fsp3) is 0.235. The fourth-order valence-corrected chi connectivity index (χ4v) is 2.73. The van der Waals surface area contributed by atoms with Gasteiger partial charge in [0.2, 0.25) is 0 Å². The van der Waals surface area contributed by atoms with Crippen LogP contribution in [0.1, 0.15) is 28.3 Å². The molecule has 1 heterocycles. The van der Waals surface area contributed by atoms with E-state index in [1.807, 2.05) is 25.2 Å².